The summed E-state index contributed by atoms with van der Waals surface area (Å²) in [4.78, 5) is 21.2. The number of nitrogens with zero attached hydrogens (tertiary/aromatic N) is 2. The Morgan fingerprint density at radius 2 is 2.12 bits per heavy atom. The van der Waals surface area contributed by atoms with Gasteiger partial charge in [-0.2, -0.15) is 0 Å². The van der Waals surface area contributed by atoms with E-state index < -0.39 is 10.4 Å². The Kier molecular flexibility index (Phi) is 3.03. The predicted molar refractivity (Wildman–Crippen MR) is 59.3 cm³/mol. The van der Waals surface area contributed by atoms with Crippen LogP contribution < -0.4 is 5.43 Å². The van der Waals surface area contributed by atoms with Gasteiger partial charge in [0.05, 0.1) is 11.1 Å². The van der Waals surface area contributed by atoms with E-state index in [1.807, 2.05) is 0 Å². The molecular formula is C11H14N2O3. The summed E-state index contributed by atoms with van der Waals surface area (Å²) in [5, 5.41) is 10.6. The zero-order chi connectivity index (χ0) is 11.5. The lowest BCUT2D eigenvalue weighted by Gasteiger charge is -2.11. The third-order valence-corrected chi connectivity index (χ3v) is 3.10. The van der Waals surface area contributed by atoms with E-state index >= 15 is 0 Å². The summed E-state index contributed by atoms with van der Waals surface area (Å²) >= 11 is 0. The Bertz CT molecular complexity index is 447. The van der Waals surface area contributed by atoms with Crippen molar-refractivity contribution in [3.63, 3.8) is 0 Å². The maximum Gasteiger partial charge on any atom is 0.332 e. The van der Waals surface area contributed by atoms with E-state index in [1.165, 1.54) is 37.9 Å². The number of hydrogen-bond donors (Lipinski definition) is 0. The molecule has 0 bridgehead atoms. The van der Waals surface area contributed by atoms with Crippen molar-refractivity contribution in [1.82, 2.24) is 4.57 Å². The standard InChI is InChI=1S/C11H14N2O3/c14-11-5-6-12(8-10(11)13(15)16)7-9-3-1-2-4-9/h5-6,8-9H,1-4,7H2. The molecule has 0 radical (unpaired) electrons. The number of pyridine rings is 1. The third-order valence-electron chi connectivity index (χ3n) is 3.10. The fraction of sp³-hybridized carbons (Fsp3) is 0.545. The maximum atomic E-state index is 11.2. The molecule has 5 nitrogen and oxygen atoms in total. The smallest absolute Gasteiger partial charge is 0.332 e. The van der Waals surface area contributed by atoms with Crippen molar-refractivity contribution in [2.45, 2.75) is 32.2 Å². The maximum absolute atomic E-state index is 11.2. The predicted octanol–water partition coefficient (Wildman–Crippen LogP) is 1.95. The number of hydrogen-bond acceptors (Lipinski definition) is 3. The van der Waals surface area contributed by atoms with Gasteiger partial charge in [-0.25, -0.2) is 0 Å². The summed E-state index contributed by atoms with van der Waals surface area (Å²) in [6.07, 6.45) is 7.83. The monoisotopic (exact) mass is 222 g/mol. The zero-order valence-electron chi connectivity index (χ0n) is 8.96. The summed E-state index contributed by atoms with van der Waals surface area (Å²) < 4.78 is 1.76. The highest BCUT2D eigenvalue weighted by atomic mass is 16.6. The first-order valence-electron chi connectivity index (χ1n) is 5.51. The van der Waals surface area contributed by atoms with Crippen molar-refractivity contribution < 1.29 is 4.92 Å². The normalized spacial score (nSPS) is 16.5. The first kappa shape index (κ1) is 10.9. The van der Waals surface area contributed by atoms with Crippen LogP contribution in [0.2, 0.25) is 0 Å². The Balaban J connectivity index is 2.18. The van der Waals surface area contributed by atoms with Crippen LogP contribution in [-0.4, -0.2) is 9.49 Å². The van der Waals surface area contributed by atoms with Crippen LogP contribution in [0.5, 0.6) is 0 Å². The number of nitro groups is 1. The molecule has 0 spiro atoms. The molecule has 0 N–H and O–H groups in total. The van der Waals surface area contributed by atoms with Crippen molar-refractivity contribution >= 4 is 5.69 Å². The molecule has 16 heavy (non-hydrogen) atoms. The van der Waals surface area contributed by atoms with E-state index in [1.54, 1.807) is 10.8 Å². The first-order chi connectivity index (χ1) is 7.66. The van der Waals surface area contributed by atoms with Crippen molar-refractivity contribution in [3.8, 4) is 0 Å². The van der Waals surface area contributed by atoms with Gasteiger partial charge >= 0.3 is 5.69 Å². The van der Waals surface area contributed by atoms with E-state index in [-0.39, 0.29) is 5.69 Å². The molecule has 0 aromatic carbocycles. The molecule has 1 heterocycles. The van der Waals surface area contributed by atoms with Gasteiger partial charge in [0.15, 0.2) is 0 Å². The van der Waals surface area contributed by atoms with Gasteiger partial charge in [-0.3, -0.25) is 14.9 Å². The lowest BCUT2D eigenvalue weighted by molar-refractivity contribution is -0.386. The fourth-order valence-electron chi connectivity index (χ4n) is 2.25. The fourth-order valence-corrected chi connectivity index (χ4v) is 2.25. The van der Waals surface area contributed by atoms with Gasteiger partial charge in [0, 0.05) is 18.8 Å². The number of aromatic nitrogens is 1. The second-order valence-electron chi connectivity index (χ2n) is 4.30. The summed E-state index contributed by atoms with van der Waals surface area (Å²) in [7, 11) is 0. The SMILES string of the molecule is O=c1ccn(CC2CCCC2)cc1[N+](=O)[O-]. The van der Waals surface area contributed by atoms with Crippen LogP contribution >= 0.6 is 0 Å². The molecule has 5 heteroatoms. The highest BCUT2D eigenvalue weighted by molar-refractivity contribution is 5.25. The van der Waals surface area contributed by atoms with Crippen molar-refractivity contribution in [1.29, 1.82) is 0 Å². The molecule has 0 saturated heterocycles. The Morgan fingerprint density at radius 3 is 2.75 bits per heavy atom. The van der Waals surface area contributed by atoms with Crippen LogP contribution in [0.4, 0.5) is 5.69 Å². The highest BCUT2D eigenvalue weighted by Gasteiger charge is 2.17. The van der Waals surface area contributed by atoms with Gasteiger partial charge < -0.3 is 4.57 Å². The van der Waals surface area contributed by atoms with E-state index in [0.29, 0.717) is 5.92 Å². The van der Waals surface area contributed by atoms with Crippen LogP contribution in [0.25, 0.3) is 0 Å². The molecule has 1 aromatic rings. The lowest BCUT2D eigenvalue weighted by Crippen LogP contribution is -2.13. The van der Waals surface area contributed by atoms with Crippen LogP contribution in [0, 0.1) is 16.0 Å². The number of rotatable bonds is 3. The average Bonchev–Trinajstić information content (AvgIpc) is 2.73. The third kappa shape index (κ3) is 2.29. The second kappa shape index (κ2) is 4.47. The molecule has 86 valence electrons. The second-order valence-corrected chi connectivity index (χ2v) is 4.30. The summed E-state index contributed by atoms with van der Waals surface area (Å²) in [5.74, 6) is 0.599. The average molecular weight is 222 g/mol. The van der Waals surface area contributed by atoms with Crippen molar-refractivity contribution in [2.75, 3.05) is 0 Å². The molecule has 2 rings (SSSR count). The van der Waals surface area contributed by atoms with Gasteiger partial charge in [-0.15, -0.1) is 0 Å². The minimum Gasteiger partial charge on any atom is -0.348 e. The van der Waals surface area contributed by atoms with E-state index in [0.717, 1.165) is 6.54 Å². The molecule has 0 amide bonds. The molecule has 0 atom stereocenters. The van der Waals surface area contributed by atoms with Gasteiger partial charge in [0.1, 0.15) is 0 Å². The van der Waals surface area contributed by atoms with Gasteiger partial charge in [0.2, 0.25) is 0 Å². The van der Waals surface area contributed by atoms with Crippen molar-refractivity contribution in [2.24, 2.45) is 5.92 Å². The van der Waals surface area contributed by atoms with Crippen LogP contribution in [0.1, 0.15) is 25.7 Å². The minimum atomic E-state index is -0.618. The summed E-state index contributed by atoms with van der Waals surface area (Å²) in [6, 6.07) is 1.27. The van der Waals surface area contributed by atoms with Gasteiger partial charge in [0.25, 0.3) is 5.43 Å². The van der Waals surface area contributed by atoms with Crippen LogP contribution in [0.3, 0.4) is 0 Å². The first-order valence-corrected chi connectivity index (χ1v) is 5.51. The molecule has 1 aliphatic rings. The van der Waals surface area contributed by atoms with E-state index in [4.69, 9.17) is 0 Å². The molecule has 1 saturated carbocycles. The van der Waals surface area contributed by atoms with E-state index in [9.17, 15) is 14.9 Å². The van der Waals surface area contributed by atoms with Crippen LogP contribution in [0.15, 0.2) is 23.3 Å². The molecule has 0 aliphatic heterocycles. The summed E-state index contributed by atoms with van der Waals surface area (Å²) in [5.41, 5.74) is -0.854. The highest BCUT2D eigenvalue weighted by Crippen LogP contribution is 2.26. The topological polar surface area (TPSA) is 65.1 Å². The molecule has 0 unspecified atom stereocenters. The minimum absolute atomic E-state index is 0.333. The largest absolute Gasteiger partial charge is 0.348 e. The molecule has 1 aliphatic carbocycles. The van der Waals surface area contributed by atoms with E-state index in [2.05, 4.69) is 0 Å². The molecule has 1 fully saturated rings. The Hall–Kier alpha value is -1.65. The Labute approximate surface area is 92.9 Å². The van der Waals surface area contributed by atoms with Gasteiger partial charge in [-0.1, -0.05) is 12.8 Å². The quantitative estimate of drug-likeness (QED) is 0.580. The van der Waals surface area contributed by atoms with Crippen molar-refractivity contribution in [3.05, 3.63) is 38.8 Å². The van der Waals surface area contributed by atoms with Crippen LogP contribution in [-0.2, 0) is 6.54 Å². The lowest BCUT2D eigenvalue weighted by atomic mass is 10.1. The molecular weight excluding hydrogens is 208 g/mol. The summed E-state index contributed by atoms with van der Waals surface area (Å²) in [6.45, 7) is 0.779. The zero-order valence-corrected chi connectivity index (χ0v) is 8.96. The van der Waals surface area contributed by atoms with Gasteiger partial charge in [-0.05, 0) is 18.8 Å². The molecule has 1 aromatic heterocycles. The Morgan fingerprint density at radius 1 is 1.44 bits per heavy atom.